The van der Waals surface area contributed by atoms with Gasteiger partial charge >= 0.3 is 0 Å². The Labute approximate surface area is 284 Å². The molecule has 0 radical (unpaired) electrons. The molecule has 0 amide bonds. The van der Waals surface area contributed by atoms with Crippen molar-refractivity contribution in [2.75, 3.05) is 0 Å². The minimum Gasteiger partial charge on any atom is -0.456 e. The fourth-order valence-corrected chi connectivity index (χ4v) is 5.94. The fourth-order valence-electron chi connectivity index (χ4n) is 5.94. The zero-order valence-electron chi connectivity index (χ0n) is 39.3. The predicted octanol–water partition coefficient (Wildman–Crippen LogP) is 12.6. The molecule has 0 saturated carbocycles. The summed E-state index contributed by atoms with van der Waals surface area (Å²) < 4.78 is 152. The molecule has 1 heterocycles. The van der Waals surface area contributed by atoms with Crippen LogP contribution in [0.1, 0.15) is 21.9 Å². The van der Waals surface area contributed by atoms with E-state index in [4.69, 9.17) is 16.8 Å². The van der Waals surface area contributed by atoms with E-state index in [2.05, 4.69) is 0 Å². The number of furan rings is 1. The third-order valence-electron chi connectivity index (χ3n) is 7.86. The molecule has 0 aliphatic rings. The largest absolute Gasteiger partial charge is 0.456 e. The molecular weight excluding hydrogens is 544 g/mol. The SMILES string of the molecule is [2H]c1c([2H])c([2H])c(-c2c([2H])c([2H])c([2H])c(-c3c4c([2H])c([2H])c([2H])c([2H])c4c(-c4cccc5oc6ccccc6c45)c4c([2H])c([2H])c(-c5ccccc5)c([2H])c34)c2[2H])c([2H])c1[2H]. The van der Waals surface area contributed by atoms with Crippen LogP contribution in [0, 0.1) is 0 Å². The maximum atomic E-state index is 9.98. The number of rotatable bonds is 4. The highest BCUT2D eigenvalue weighted by Gasteiger charge is 2.21. The van der Waals surface area contributed by atoms with Gasteiger partial charge in [-0.25, -0.2) is 0 Å². The van der Waals surface area contributed by atoms with E-state index < -0.39 is 113 Å². The van der Waals surface area contributed by atoms with Crippen molar-refractivity contribution in [1.82, 2.24) is 0 Å². The summed E-state index contributed by atoms with van der Waals surface area (Å²) in [4.78, 5) is 0. The van der Waals surface area contributed by atoms with E-state index in [1.807, 2.05) is 0 Å². The molecule has 8 aromatic carbocycles. The van der Waals surface area contributed by atoms with Gasteiger partial charge in [0.2, 0.25) is 0 Å². The monoisotopic (exact) mass is 588 g/mol. The van der Waals surface area contributed by atoms with Crippen LogP contribution in [0.2, 0.25) is 0 Å². The van der Waals surface area contributed by atoms with Gasteiger partial charge in [0.1, 0.15) is 11.2 Å². The molecule has 1 aromatic heterocycles. The normalized spacial score (nSPS) is 16.5. The van der Waals surface area contributed by atoms with Crippen molar-refractivity contribution >= 4 is 43.5 Å². The van der Waals surface area contributed by atoms with Crippen LogP contribution in [-0.2, 0) is 0 Å². The smallest absolute Gasteiger partial charge is 0.136 e. The van der Waals surface area contributed by atoms with Gasteiger partial charge in [0, 0.05) is 10.8 Å². The van der Waals surface area contributed by atoms with E-state index in [1.54, 1.807) is 72.8 Å². The van der Waals surface area contributed by atoms with Crippen LogP contribution in [0.25, 0.3) is 88.0 Å². The minimum absolute atomic E-state index is 0.0385. The highest BCUT2D eigenvalue weighted by molar-refractivity contribution is 6.26. The van der Waals surface area contributed by atoms with Crippen molar-refractivity contribution in [2.24, 2.45) is 0 Å². The van der Waals surface area contributed by atoms with Gasteiger partial charge in [-0.1, -0.05) is 145 Å². The molecule has 210 valence electrons. The highest BCUT2D eigenvalue weighted by atomic mass is 16.3. The van der Waals surface area contributed by atoms with Crippen LogP contribution in [0.5, 0.6) is 0 Å². The van der Waals surface area contributed by atoms with Gasteiger partial charge in [0.25, 0.3) is 0 Å². The van der Waals surface area contributed by atoms with Gasteiger partial charge in [0.15, 0.2) is 0 Å². The van der Waals surface area contributed by atoms with E-state index in [0.717, 1.165) is 0 Å². The van der Waals surface area contributed by atoms with Crippen LogP contribution in [-0.4, -0.2) is 0 Å². The standard InChI is InChI=1S/C44H28O/c1-3-13-29(14-4-1)31-17-11-18-33(27-31)42-34-19-7-8-20-35(34)43(36-26-25-32(28-39(36)42)30-15-5-2-6-16-30)38-22-12-24-41-44(38)37-21-9-10-23-40(37)45-41/h1-28H/i1D,3D,4D,7D,8D,11D,13D,14D,17D,18D,19D,20D,25D,26D,27D,28D. The topological polar surface area (TPSA) is 13.1 Å². The Morgan fingerprint density at radius 1 is 0.378 bits per heavy atom. The van der Waals surface area contributed by atoms with Gasteiger partial charge < -0.3 is 4.42 Å². The molecular formula is C44H28O. The number of para-hydroxylation sites is 1. The number of hydrogen-bond donors (Lipinski definition) is 0. The van der Waals surface area contributed by atoms with Crippen LogP contribution >= 0.6 is 0 Å². The number of fused-ring (bicyclic) bond motifs is 5. The van der Waals surface area contributed by atoms with Crippen LogP contribution in [0.4, 0.5) is 0 Å². The maximum absolute atomic E-state index is 9.98. The molecule has 0 fully saturated rings. The first-order chi connectivity index (χ1) is 29.0. The molecule has 0 aliphatic heterocycles. The second-order valence-electron chi connectivity index (χ2n) is 10.4. The van der Waals surface area contributed by atoms with Crippen LogP contribution in [0.3, 0.4) is 0 Å². The van der Waals surface area contributed by atoms with E-state index in [9.17, 15) is 9.60 Å². The van der Waals surface area contributed by atoms with Crippen molar-refractivity contribution in [3.05, 3.63) is 169 Å². The van der Waals surface area contributed by atoms with Gasteiger partial charge in [-0.15, -0.1) is 0 Å². The first-order valence-electron chi connectivity index (χ1n) is 22.1. The number of hydrogen-bond acceptors (Lipinski definition) is 1. The van der Waals surface area contributed by atoms with Gasteiger partial charge in [-0.05, 0) is 90.3 Å². The summed E-state index contributed by atoms with van der Waals surface area (Å²) in [6.45, 7) is 0. The van der Waals surface area contributed by atoms with E-state index >= 15 is 0 Å². The summed E-state index contributed by atoms with van der Waals surface area (Å²) in [7, 11) is 0. The van der Waals surface area contributed by atoms with Crippen molar-refractivity contribution in [2.45, 2.75) is 0 Å². The summed E-state index contributed by atoms with van der Waals surface area (Å²) in [5.74, 6) is 0. The van der Waals surface area contributed by atoms with Crippen LogP contribution < -0.4 is 0 Å². The predicted molar refractivity (Wildman–Crippen MR) is 190 cm³/mol. The summed E-state index contributed by atoms with van der Waals surface area (Å²) >= 11 is 0. The molecule has 0 saturated heterocycles. The van der Waals surface area contributed by atoms with E-state index in [-0.39, 0.29) is 38.2 Å². The van der Waals surface area contributed by atoms with Crippen molar-refractivity contribution in [3.8, 4) is 44.5 Å². The summed E-state index contributed by atoms with van der Waals surface area (Å²) in [5.41, 5.74) is -0.590. The second kappa shape index (κ2) is 10.4. The maximum Gasteiger partial charge on any atom is 0.136 e. The average Bonchev–Trinajstić information content (AvgIpc) is 3.65. The Bertz CT molecular complexity index is 3400. The highest BCUT2D eigenvalue weighted by Crippen LogP contribution is 2.48. The lowest BCUT2D eigenvalue weighted by atomic mass is 9.83. The zero-order valence-corrected chi connectivity index (χ0v) is 23.3. The Kier molecular flexibility index (Phi) is 3.28. The van der Waals surface area contributed by atoms with E-state index in [1.165, 1.54) is 0 Å². The van der Waals surface area contributed by atoms with Crippen molar-refractivity contribution in [1.29, 1.82) is 0 Å². The Balaban J connectivity index is 1.63. The molecule has 0 N–H and O–H groups in total. The van der Waals surface area contributed by atoms with Crippen LogP contribution in [0.15, 0.2) is 174 Å². The first-order valence-corrected chi connectivity index (χ1v) is 14.1. The Morgan fingerprint density at radius 2 is 1.04 bits per heavy atom. The van der Waals surface area contributed by atoms with Crippen molar-refractivity contribution in [3.63, 3.8) is 0 Å². The lowest BCUT2D eigenvalue weighted by Crippen LogP contribution is -1.92. The fraction of sp³-hybridized carbons (Fsp3) is 0. The summed E-state index contributed by atoms with van der Waals surface area (Å²) in [5, 5.41) is 0.250. The molecule has 1 nitrogen and oxygen atoms in total. The van der Waals surface area contributed by atoms with Gasteiger partial charge in [0.05, 0.1) is 21.9 Å². The quantitative estimate of drug-likeness (QED) is 0.186. The first kappa shape index (κ1) is 14.2. The average molecular weight is 589 g/mol. The Morgan fingerprint density at radius 3 is 1.91 bits per heavy atom. The summed E-state index contributed by atoms with van der Waals surface area (Å²) in [6.07, 6.45) is 0. The number of benzene rings is 8. The third-order valence-corrected chi connectivity index (χ3v) is 7.86. The summed E-state index contributed by atoms with van der Waals surface area (Å²) in [6, 6.07) is 9.46. The zero-order chi connectivity index (χ0) is 43.7. The third kappa shape index (κ3) is 4.17. The molecule has 0 bridgehead atoms. The molecule has 45 heavy (non-hydrogen) atoms. The van der Waals surface area contributed by atoms with Gasteiger partial charge in [-0.2, -0.15) is 0 Å². The molecule has 1 heteroatoms. The molecule has 0 spiro atoms. The molecule has 0 unspecified atom stereocenters. The minimum atomic E-state index is -0.841. The van der Waals surface area contributed by atoms with Gasteiger partial charge in [-0.3, -0.25) is 0 Å². The lowest BCUT2D eigenvalue weighted by Gasteiger charge is -2.19. The molecule has 0 aliphatic carbocycles. The van der Waals surface area contributed by atoms with Crippen molar-refractivity contribution < 1.29 is 26.3 Å². The second-order valence-corrected chi connectivity index (χ2v) is 10.4. The van der Waals surface area contributed by atoms with E-state index in [0.29, 0.717) is 33.1 Å². The molecule has 0 atom stereocenters. The Hall–Kier alpha value is -5.92. The molecule has 9 rings (SSSR count). The lowest BCUT2D eigenvalue weighted by molar-refractivity contribution is 0.669. The molecule has 9 aromatic rings.